The minimum Gasteiger partial charge on any atom is -0.456 e. The Bertz CT molecular complexity index is 2820. The maximum Gasteiger partial charge on any atom is 0.135 e. The van der Waals surface area contributed by atoms with Gasteiger partial charge in [-0.15, -0.1) is 0 Å². The molecule has 0 fully saturated rings. The van der Waals surface area contributed by atoms with E-state index < -0.39 is 0 Å². The summed E-state index contributed by atoms with van der Waals surface area (Å²) >= 11 is 0. The first-order chi connectivity index (χ1) is 24.3. The topological polar surface area (TPSA) is 26.0 Å². The third-order valence-electron chi connectivity index (χ3n) is 9.93. The molecule has 0 spiro atoms. The van der Waals surface area contributed by atoms with E-state index >= 15 is 0 Å². The maximum absolute atomic E-state index is 6.26. The standard InChI is InChI=1S/C47H29NO/c1-2-13-30(14-3-1)45-37-16-4-6-18-39(37)47(40-19-7-5-17-38(40)45)46-32(31-26-27-44-41(29-31)35-15-8-9-25-43(35)49-44)20-10-22-36(46)33-21-11-24-42-34(33)23-12-28-48-42/h1-29H. The van der Waals surface area contributed by atoms with E-state index in [1.165, 1.54) is 54.9 Å². The predicted molar refractivity (Wildman–Crippen MR) is 206 cm³/mol. The van der Waals surface area contributed by atoms with Gasteiger partial charge in [-0.3, -0.25) is 4.98 Å². The van der Waals surface area contributed by atoms with E-state index in [9.17, 15) is 0 Å². The van der Waals surface area contributed by atoms with E-state index in [0.717, 1.165) is 44.0 Å². The van der Waals surface area contributed by atoms with E-state index in [0.29, 0.717) is 0 Å². The molecule has 10 rings (SSSR count). The van der Waals surface area contributed by atoms with Crippen LogP contribution in [0.5, 0.6) is 0 Å². The minimum absolute atomic E-state index is 0.894. The van der Waals surface area contributed by atoms with Crippen LogP contribution in [0.2, 0.25) is 0 Å². The molecule has 2 nitrogen and oxygen atoms in total. The fourth-order valence-electron chi connectivity index (χ4n) is 7.83. The van der Waals surface area contributed by atoms with E-state index in [4.69, 9.17) is 9.40 Å². The number of benzene rings is 8. The van der Waals surface area contributed by atoms with Gasteiger partial charge in [-0.25, -0.2) is 0 Å². The van der Waals surface area contributed by atoms with Gasteiger partial charge < -0.3 is 4.42 Å². The van der Waals surface area contributed by atoms with Crippen molar-refractivity contribution in [3.8, 4) is 44.5 Å². The van der Waals surface area contributed by atoms with Gasteiger partial charge in [0.05, 0.1) is 5.52 Å². The van der Waals surface area contributed by atoms with Crippen LogP contribution in [0.25, 0.3) is 98.9 Å². The van der Waals surface area contributed by atoms with Gasteiger partial charge in [0.2, 0.25) is 0 Å². The average molecular weight is 624 g/mol. The second-order valence-corrected chi connectivity index (χ2v) is 12.6. The Morgan fingerprint density at radius 2 is 0.918 bits per heavy atom. The molecule has 0 radical (unpaired) electrons. The summed E-state index contributed by atoms with van der Waals surface area (Å²) in [5.41, 5.74) is 12.4. The number of para-hydroxylation sites is 1. The van der Waals surface area contributed by atoms with Crippen LogP contribution >= 0.6 is 0 Å². The van der Waals surface area contributed by atoms with Crippen molar-refractivity contribution in [2.75, 3.05) is 0 Å². The molecular weight excluding hydrogens is 595 g/mol. The molecular formula is C47H29NO. The third kappa shape index (κ3) is 4.31. The summed E-state index contributed by atoms with van der Waals surface area (Å²) in [4.78, 5) is 4.74. The van der Waals surface area contributed by atoms with Gasteiger partial charge in [0.25, 0.3) is 0 Å². The van der Waals surface area contributed by atoms with Crippen molar-refractivity contribution in [3.05, 3.63) is 176 Å². The Kier molecular flexibility index (Phi) is 6.22. The van der Waals surface area contributed by atoms with E-state index in [1.54, 1.807) is 0 Å². The van der Waals surface area contributed by atoms with Gasteiger partial charge in [-0.05, 0) is 96.4 Å². The number of fused-ring (bicyclic) bond motifs is 6. The number of aromatic nitrogens is 1. The highest BCUT2D eigenvalue weighted by atomic mass is 16.3. The fourth-order valence-corrected chi connectivity index (χ4v) is 7.83. The first-order valence-corrected chi connectivity index (χ1v) is 16.7. The van der Waals surface area contributed by atoms with Crippen LogP contribution in [0.3, 0.4) is 0 Å². The first-order valence-electron chi connectivity index (χ1n) is 16.7. The molecule has 0 amide bonds. The van der Waals surface area contributed by atoms with Crippen LogP contribution in [0.15, 0.2) is 180 Å². The minimum atomic E-state index is 0.894. The van der Waals surface area contributed by atoms with Crippen molar-refractivity contribution < 1.29 is 4.42 Å². The first kappa shape index (κ1) is 27.6. The molecule has 0 bridgehead atoms. The molecule has 8 aromatic carbocycles. The number of hydrogen-bond donors (Lipinski definition) is 0. The number of furan rings is 1. The lowest BCUT2D eigenvalue weighted by Crippen LogP contribution is -1.96. The van der Waals surface area contributed by atoms with Crippen molar-refractivity contribution in [3.63, 3.8) is 0 Å². The summed E-state index contributed by atoms with van der Waals surface area (Å²) in [6.07, 6.45) is 1.87. The molecule has 0 unspecified atom stereocenters. The van der Waals surface area contributed by atoms with Crippen molar-refractivity contribution >= 4 is 54.4 Å². The molecule has 0 N–H and O–H groups in total. The van der Waals surface area contributed by atoms with Gasteiger partial charge in [-0.1, -0.05) is 140 Å². The Morgan fingerprint density at radius 3 is 1.69 bits per heavy atom. The third-order valence-corrected chi connectivity index (χ3v) is 9.93. The molecule has 49 heavy (non-hydrogen) atoms. The molecule has 0 saturated heterocycles. The maximum atomic E-state index is 6.26. The Morgan fingerprint density at radius 1 is 0.327 bits per heavy atom. The molecule has 0 aliphatic carbocycles. The van der Waals surface area contributed by atoms with Gasteiger partial charge in [0.15, 0.2) is 0 Å². The quantitative estimate of drug-likeness (QED) is 0.182. The number of pyridine rings is 1. The van der Waals surface area contributed by atoms with Crippen LogP contribution in [0.1, 0.15) is 0 Å². The lowest BCUT2D eigenvalue weighted by atomic mass is 9.80. The molecule has 0 aliphatic heterocycles. The second kappa shape index (κ2) is 11.0. The van der Waals surface area contributed by atoms with Crippen LogP contribution in [0.4, 0.5) is 0 Å². The summed E-state index contributed by atoms with van der Waals surface area (Å²) in [6.45, 7) is 0. The normalized spacial score (nSPS) is 11.7. The van der Waals surface area contributed by atoms with Crippen molar-refractivity contribution in [1.29, 1.82) is 0 Å². The molecule has 2 heteroatoms. The summed E-state index contributed by atoms with van der Waals surface area (Å²) in [5, 5.41) is 8.30. The van der Waals surface area contributed by atoms with Crippen LogP contribution in [-0.2, 0) is 0 Å². The SMILES string of the molecule is c1ccc(-c2c3ccccc3c(-c3c(-c4ccc5oc6ccccc6c5c4)cccc3-c3cccc4ncccc34)c3ccccc23)cc1. The van der Waals surface area contributed by atoms with Gasteiger partial charge >= 0.3 is 0 Å². The molecule has 10 aromatic rings. The summed E-state index contributed by atoms with van der Waals surface area (Å²) < 4.78 is 6.26. The monoisotopic (exact) mass is 623 g/mol. The molecule has 0 atom stereocenters. The van der Waals surface area contributed by atoms with E-state index in [-0.39, 0.29) is 0 Å². The lowest BCUT2D eigenvalue weighted by molar-refractivity contribution is 0.669. The largest absolute Gasteiger partial charge is 0.456 e. The van der Waals surface area contributed by atoms with Crippen LogP contribution in [-0.4, -0.2) is 4.98 Å². The lowest BCUT2D eigenvalue weighted by Gasteiger charge is -2.22. The Hall–Kier alpha value is -6.51. The number of hydrogen-bond acceptors (Lipinski definition) is 2. The molecule has 0 saturated carbocycles. The average Bonchev–Trinajstić information content (AvgIpc) is 3.55. The Labute approximate surface area is 283 Å². The zero-order valence-electron chi connectivity index (χ0n) is 26.6. The highest BCUT2D eigenvalue weighted by Crippen LogP contribution is 2.50. The molecule has 2 aromatic heterocycles. The van der Waals surface area contributed by atoms with E-state index in [1.807, 2.05) is 24.4 Å². The summed E-state index contributed by atoms with van der Waals surface area (Å²) in [5.74, 6) is 0. The Balaban J connectivity index is 1.38. The summed E-state index contributed by atoms with van der Waals surface area (Å²) in [6, 6.07) is 61.0. The second-order valence-electron chi connectivity index (χ2n) is 12.6. The van der Waals surface area contributed by atoms with Gasteiger partial charge in [0, 0.05) is 22.4 Å². The van der Waals surface area contributed by atoms with Crippen molar-refractivity contribution in [2.45, 2.75) is 0 Å². The zero-order chi connectivity index (χ0) is 32.3. The zero-order valence-corrected chi connectivity index (χ0v) is 26.6. The van der Waals surface area contributed by atoms with Gasteiger partial charge in [-0.2, -0.15) is 0 Å². The van der Waals surface area contributed by atoms with E-state index in [2.05, 4.69) is 152 Å². The van der Waals surface area contributed by atoms with Crippen molar-refractivity contribution in [1.82, 2.24) is 4.98 Å². The fraction of sp³-hybridized carbons (Fsp3) is 0. The highest BCUT2D eigenvalue weighted by molar-refractivity contribution is 6.24. The molecule has 2 heterocycles. The number of nitrogens with zero attached hydrogens (tertiary/aromatic N) is 1. The molecule has 0 aliphatic rings. The van der Waals surface area contributed by atoms with Gasteiger partial charge in [0.1, 0.15) is 11.2 Å². The van der Waals surface area contributed by atoms with Crippen LogP contribution in [0, 0.1) is 0 Å². The predicted octanol–water partition coefficient (Wildman–Crippen LogP) is 13.1. The number of rotatable bonds is 4. The summed E-state index contributed by atoms with van der Waals surface area (Å²) in [7, 11) is 0. The van der Waals surface area contributed by atoms with Crippen LogP contribution < -0.4 is 0 Å². The highest BCUT2D eigenvalue weighted by Gasteiger charge is 2.23. The smallest absolute Gasteiger partial charge is 0.135 e. The molecule has 228 valence electrons. The van der Waals surface area contributed by atoms with Crippen molar-refractivity contribution in [2.24, 2.45) is 0 Å².